The Morgan fingerprint density at radius 2 is 1.79 bits per heavy atom. The molecule has 2 aromatic rings. The van der Waals surface area contributed by atoms with Crippen LogP contribution in [0.1, 0.15) is 42.8 Å². The summed E-state index contributed by atoms with van der Waals surface area (Å²) in [7, 11) is -2.13. The molecule has 0 fully saturated rings. The lowest BCUT2D eigenvalue weighted by Gasteiger charge is -2.39. The second-order valence-corrected chi connectivity index (χ2v) is 12.6. The van der Waals surface area contributed by atoms with Crippen molar-refractivity contribution in [3.05, 3.63) is 64.9 Å². The average Bonchev–Trinajstić information content (AvgIpc) is 2.52. The zero-order chi connectivity index (χ0) is 18.0. The summed E-state index contributed by atoms with van der Waals surface area (Å²) >= 11 is 6.05. The van der Waals surface area contributed by atoms with Gasteiger partial charge in [-0.2, -0.15) is 0 Å². The summed E-state index contributed by atoms with van der Waals surface area (Å²) in [5.74, 6) is -0.0754. The average molecular weight is 362 g/mol. The summed E-state index contributed by atoms with van der Waals surface area (Å²) < 4.78 is 6.46. The van der Waals surface area contributed by atoms with Crippen LogP contribution in [0.4, 0.5) is 0 Å². The Morgan fingerprint density at radius 3 is 2.33 bits per heavy atom. The smallest absolute Gasteiger partial charge is 0.195 e. The van der Waals surface area contributed by atoms with Crippen LogP contribution in [-0.4, -0.2) is 19.1 Å². The fourth-order valence-electron chi connectivity index (χ4n) is 2.08. The van der Waals surface area contributed by atoms with E-state index in [2.05, 4.69) is 38.8 Å². The number of Topliss-reactive ketones (excluding diaryl/α,β-unsaturated/α-hetero) is 1. The highest BCUT2D eigenvalue weighted by Gasteiger charge is 2.41. The summed E-state index contributed by atoms with van der Waals surface area (Å²) in [5, 5.41) is 0.550. The number of carbonyl (C=O) groups excluding carboxylic acids is 1. The molecule has 128 valence electrons. The molecule has 1 aromatic heterocycles. The van der Waals surface area contributed by atoms with Gasteiger partial charge in [0.05, 0.1) is 0 Å². The minimum atomic E-state index is -2.13. The molecule has 0 saturated heterocycles. The third kappa shape index (κ3) is 4.32. The summed E-state index contributed by atoms with van der Waals surface area (Å²) in [4.78, 5) is 17.2. The van der Waals surface area contributed by atoms with Crippen LogP contribution >= 0.6 is 11.6 Å². The highest BCUT2D eigenvalue weighted by molar-refractivity contribution is 6.74. The minimum absolute atomic E-state index is 0.00684. The van der Waals surface area contributed by atoms with Crippen molar-refractivity contribution in [1.82, 2.24) is 4.98 Å². The maximum atomic E-state index is 13.1. The molecule has 0 aliphatic rings. The lowest BCUT2D eigenvalue weighted by molar-refractivity contribution is 0.0767. The Kier molecular flexibility index (Phi) is 5.63. The predicted molar refractivity (Wildman–Crippen MR) is 101 cm³/mol. The Labute approximate surface area is 150 Å². The number of carbonyl (C=O) groups is 1. The summed E-state index contributed by atoms with van der Waals surface area (Å²) in [6.07, 6.45) is 2.72. The molecule has 0 aliphatic heterocycles. The number of ketones is 1. The molecule has 0 amide bonds. The van der Waals surface area contributed by atoms with Crippen LogP contribution in [0.15, 0.2) is 48.8 Å². The Bertz CT molecular complexity index is 711. The third-order valence-corrected chi connectivity index (χ3v) is 9.25. The maximum absolute atomic E-state index is 13.1. The highest BCUT2D eigenvalue weighted by Crippen LogP contribution is 2.40. The lowest BCUT2D eigenvalue weighted by atomic mass is 10.0. The monoisotopic (exact) mass is 361 g/mol. The molecule has 0 aliphatic carbocycles. The molecule has 1 heterocycles. The fourth-order valence-corrected chi connectivity index (χ4v) is 3.45. The molecular weight excluding hydrogens is 338 g/mol. The van der Waals surface area contributed by atoms with Gasteiger partial charge in [-0.1, -0.05) is 44.5 Å². The van der Waals surface area contributed by atoms with Gasteiger partial charge in [-0.3, -0.25) is 9.78 Å². The van der Waals surface area contributed by atoms with Crippen molar-refractivity contribution in [3.8, 4) is 0 Å². The van der Waals surface area contributed by atoms with E-state index < -0.39 is 14.4 Å². The number of benzene rings is 1. The number of hydrogen-bond acceptors (Lipinski definition) is 3. The highest BCUT2D eigenvalue weighted by atomic mass is 35.5. The second-order valence-electron chi connectivity index (χ2n) is 7.41. The lowest BCUT2D eigenvalue weighted by Crippen LogP contribution is -2.43. The summed E-state index contributed by atoms with van der Waals surface area (Å²) in [6, 6.07) is 10.7. The predicted octanol–water partition coefficient (Wildman–Crippen LogP) is 5.68. The molecule has 3 nitrogen and oxygen atoms in total. The van der Waals surface area contributed by atoms with E-state index in [9.17, 15) is 4.79 Å². The first-order valence-electron chi connectivity index (χ1n) is 7.99. The van der Waals surface area contributed by atoms with E-state index in [1.807, 2.05) is 12.1 Å². The first kappa shape index (κ1) is 18.8. The van der Waals surface area contributed by atoms with Crippen LogP contribution in [0, 0.1) is 0 Å². The molecule has 1 unspecified atom stereocenters. The molecule has 5 heteroatoms. The van der Waals surface area contributed by atoms with Crippen LogP contribution in [0.25, 0.3) is 0 Å². The van der Waals surface area contributed by atoms with E-state index in [0.29, 0.717) is 10.6 Å². The van der Waals surface area contributed by atoms with E-state index in [1.54, 1.807) is 36.7 Å². The van der Waals surface area contributed by atoms with Gasteiger partial charge in [-0.05, 0) is 48.0 Å². The molecule has 1 aromatic carbocycles. The van der Waals surface area contributed by atoms with Gasteiger partial charge in [0.1, 0.15) is 6.10 Å². The van der Waals surface area contributed by atoms with Crippen molar-refractivity contribution < 1.29 is 9.22 Å². The van der Waals surface area contributed by atoms with Gasteiger partial charge in [0.15, 0.2) is 14.1 Å². The zero-order valence-electron chi connectivity index (χ0n) is 14.8. The molecule has 2 rings (SSSR count). The molecule has 0 N–H and O–H groups in total. The Balaban J connectivity index is 2.43. The van der Waals surface area contributed by atoms with Crippen molar-refractivity contribution in [1.29, 1.82) is 0 Å². The summed E-state index contributed by atoms with van der Waals surface area (Å²) in [5.41, 5.74) is 1.38. The van der Waals surface area contributed by atoms with Crippen LogP contribution in [0.3, 0.4) is 0 Å². The molecule has 0 spiro atoms. The van der Waals surface area contributed by atoms with Gasteiger partial charge in [0, 0.05) is 23.0 Å². The molecule has 1 atom stereocenters. The number of rotatable bonds is 5. The third-order valence-electron chi connectivity index (χ3n) is 4.57. The molecule has 0 radical (unpaired) electrons. The SMILES string of the molecule is CC(C)(C)[Si](C)(C)OC(C(=O)c1cccc(Cl)c1)c1ccncc1. The quantitative estimate of drug-likeness (QED) is 0.508. The molecular formula is C19H24ClNO2Si. The van der Waals surface area contributed by atoms with Crippen molar-refractivity contribution in [2.75, 3.05) is 0 Å². The van der Waals surface area contributed by atoms with Gasteiger partial charge < -0.3 is 4.43 Å². The van der Waals surface area contributed by atoms with Crippen LogP contribution < -0.4 is 0 Å². The normalized spacial score (nSPS) is 13.6. The van der Waals surface area contributed by atoms with Crippen LogP contribution in [0.5, 0.6) is 0 Å². The van der Waals surface area contributed by atoms with Gasteiger partial charge >= 0.3 is 0 Å². The number of pyridine rings is 1. The van der Waals surface area contributed by atoms with Crippen molar-refractivity contribution in [3.63, 3.8) is 0 Å². The maximum Gasteiger partial charge on any atom is 0.195 e. The first-order valence-corrected chi connectivity index (χ1v) is 11.3. The standard InChI is InChI=1S/C19H24ClNO2Si/c1-19(2,3)24(4,5)23-18(14-9-11-21-12-10-14)17(22)15-7-6-8-16(20)13-15/h6-13,18H,1-5H3. The number of aromatic nitrogens is 1. The van der Waals surface area contributed by atoms with E-state index in [4.69, 9.17) is 16.0 Å². The fraction of sp³-hybridized carbons (Fsp3) is 0.368. The summed E-state index contributed by atoms with van der Waals surface area (Å²) in [6.45, 7) is 10.8. The number of hydrogen-bond donors (Lipinski definition) is 0. The van der Waals surface area contributed by atoms with Gasteiger partial charge in [-0.25, -0.2) is 0 Å². The van der Waals surface area contributed by atoms with E-state index in [0.717, 1.165) is 5.56 Å². The Hall–Kier alpha value is -1.49. The minimum Gasteiger partial charge on any atom is -0.403 e. The molecule has 0 bridgehead atoms. The van der Waals surface area contributed by atoms with E-state index in [-0.39, 0.29) is 10.8 Å². The topological polar surface area (TPSA) is 39.2 Å². The van der Waals surface area contributed by atoms with Crippen LogP contribution in [0.2, 0.25) is 23.2 Å². The largest absolute Gasteiger partial charge is 0.403 e. The number of nitrogens with zero attached hydrogens (tertiary/aromatic N) is 1. The molecule has 24 heavy (non-hydrogen) atoms. The first-order chi connectivity index (χ1) is 11.1. The van der Waals surface area contributed by atoms with Crippen molar-refractivity contribution in [2.24, 2.45) is 0 Å². The van der Waals surface area contributed by atoms with Crippen molar-refractivity contribution in [2.45, 2.75) is 45.0 Å². The van der Waals surface area contributed by atoms with E-state index >= 15 is 0 Å². The van der Waals surface area contributed by atoms with Gasteiger partial charge in [0.25, 0.3) is 0 Å². The van der Waals surface area contributed by atoms with Crippen molar-refractivity contribution >= 4 is 25.7 Å². The van der Waals surface area contributed by atoms with Crippen LogP contribution in [-0.2, 0) is 4.43 Å². The van der Waals surface area contributed by atoms with Gasteiger partial charge in [-0.15, -0.1) is 0 Å². The Morgan fingerprint density at radius 1 is 1.17 bits per heavy atom. The second kappa shape index (κ2) is 7.17. The molecule has 0 saturated carbocycles. The van der Waals surface area contributed by atoms with E-state index in [1.165, 1.54) is 0 Å². The zero-order valence-corrected chi connectivity index (χ0v) is 16.6. The van der Waals surface area contributed by atoms with Gasteiger partial charge in [0.2, 0.25) is 0 Å². The number of halogens is 1.